The van der Waals surface area contributed by atoms with Crippen LogP contribution in [-0.2, 0) is 0 Å². The smallest absolute Gasteiger partial charge is 0.347 e. The first-order valence-corrected chi connectivity index (χ1v) is 10.4. The third kappa shape index (κ3) is 3.83. The van der Waals surface area contributed by atoms with Crippen LogP contribution in [-0.4, -0.2) is 48.4 Å². The summed E-state index contributed by atoms with van der Waals surface area (Å²) in [5, 5.41) is 0.436. The first-order valence-electron chi connectivity index (χ1n) is 10.4. The number of nitrogens with zero attached hydrogens (tertiary/aromatic N) is 4. The molecule has 0 saturated carbocycles. The van der Waals surface area contributed by atoms with Crippen molar-refractivity contribution in [2.24, 2.45) is 0 Å². The second-order valence-electron chi connectivity index (χ2n) is 7.36. The van der Waals surface area contributed by atoms with Crippen LogP contribution in [0, 0.1) is 0 Å². The lowest BCUT2D eigenvalue weighted by Gasteiger charge is -2.09. The molecule has 182 valence electrons. The molecule has 12 nitrogen and oxygen atoms in total. The highest BCUT2D eigenvalue weighted by Gasteiger charge is 2.17. The lowest BCUT2D eigenvalue weighted by molar-refractivity contribution is 0.355. The van der Waals surface area contributed by atoms with Gasteiger partial charge in [0.25, 0.3) is 5.89 Å². The van der Waals surface area contributed by atoms with E-state index in [0.717, 1.165) is 0 Å². The Morgan fingerprint density at radius 3 is 1.50 bits per heavy atom. The molecule has 0 fully saturated rings. The van der Waals surface area contributed by atoms with Crippen molar-refractivity contribution in [1.29, 1.82) is 0 Å². The van der Waals surface area contributed by atoms with Crippen molar-refractivity contribution >= 4 is 21.8 Å². The number of hydrogen-bond acceptors (Lipinski definition) is 12. The van der Waals surface area contributed by atoms with Crippen LogP contribution in [0.3, 0.4) is 0 Å². The van der Waals surface area contributed by atoms with Gasteiger partial charge in [-0.2, -0.15) is 0 Å². The fourth-order valence-electron chi connectivity index (χ4n) is 3.57. The summed E-state index contributed by atoms with van der Waals surface area (Å²) in [7, 11) is 5.88. The van der Waals surface area contributed by atoms with Crippen molar-refractivity contribution in [3.05, 3.63) is 57.5 Å². The fraction of sp³-hybridized carbons (Fsp3) is 0.167. The molecule has 0 amide bonds. The third-order valence-corrected chi connectivity index (χ3v) is 5.36. The number of aromatic nitrogens is 4. The van der Waals surface area contributed by atoms with Gasteiger partial charge in [0.1, 0.15) is 0 Å². The Labute approximate surface area is 202 Å². The normalized spacial score (nSPS) is 11.0. The maximum Gasteiger partial charge on any atom is 0.347 e. The molecule has 0 N–H and O–H groups in total. The van der Waals surface area contributed by atoms with E-state index >= 15 is 0 Å². The molecule has 0 bridgehead atoms. The Bertz CT molecular complexity index is 1600. The van der Waals surface area contributed by atoms with Gasteiger partial charge in [0.05, 0.1) is 55.8 Å². The van der Waals surface area contributed by atoms with Gasteiger partial charge in [-0.3, -0.25) is 0 Å². The van der Waals surface area contributed by atoms with Gasteiger partial charge in [-0.25, -0.2) is 29.5 Å². The Morgan fingerprint density at radius 2 is 1.03 bits per heavy atom. The molecule has 5 aromatic rings. The molecule has 0 aliphatic rings. The zero-order valence-corrected chi connectivity index (χ0v) is 19.5. The van der Waals surface area contributed by atoms with Crippen molar-refractivity contribution in [3.63, 3.8) is 0 Å². The van der Waals surface area contributed by atoms with Gasteiger partial charge in [0, 0.05) is 36.7 Å². The van der Waals surface area contributed by atoms with Gasteiger partial charge >= 0.3 is 11.3 Å². The van der Waals surface area contributed by atoms with Crippen molar-refractivity contribution in [1.82, 2.24) is 19.9 Å². The van der Waals surface area contributed by atoms with E-state index in [0.29, 0.717) is 39.6 Å². The first-order chi connectivity index (χ1) is 17.4. The molecule has 5 rings (SSSR count). The highest BCUT2D eigenvalue weighted by Crippen LogP contribution is 2.32. The van der Waals surface area contributed by atoms with Crippen LogP contribution in [0.5, 0.6) is 23.0 Å². The Morgan fingerprint density at radius 1 is 0.611 bits per heavy atom. The number of fused-ring (bicyclic) bond motifs is 2. The molecule has 0 aliphatic heterocycles. The van der Waals surface area contributed by atoms with E-state index in [2.05, 4.69) is 19.9 Å². The summed E-state index contributed by atoms with van der Waals surface area (Å²) < 4.78 is 31.7. The van der Waals surface area contributed by atoms with E-state index < -0.39 is 11.3 Å². The Hall–Kier alpha value is -5.00. The molecule has 0 atom stereocenters. The van der Waals surface area contributed by atoms with Crippen LogP contribution in [0.2, 0.25) is 0 Å². The molecule has 36 heavy (non-hydrogen) atoms. The van der Waals surface area contributed by atoms with Gasteiger partial charge in [-0.15, -0.1) is 0 Å². The lowest BCUT2D eigenvalue weighted by Crippen LogP contribution is -2.06. The second-order valence-corrected chi connectivity index (χ2v) is 7.36. The maximum atomic E-state index is 12.6. The zero-order valence-electron chi connectivity index (χ0n) is 19.5. The summed E-state index contributed by atoms with van der Waals surface area (Å²) in [4.78, 5) is 42.3. The molecule has 0 spiro atoms. The molecule has 3 aromatic heterocycles. The van der Waals surface area contributed by atoms with E-state index in [1.165, 1.54) is 53.0 Å². The minimum Gasteiger partial charge on any atom is -0.493 e. The van der Waals surface area contributed by atoms with Crippen LogP contribution >= 0.6 is 0 Å². The van der Waals surface area contributed by atoms with Gasteiger partial charge in [-0.1, -0.05) is 0 Å². The molecule has 3 heterocycles. The zero-order chi connectivity index (χ0) is 25.4. The number of benzene rings is 2. The number of hydrogen-bond donors (Lipinski definition) is 0. The van der Waals surface area contributed by atoms with Crippen LogP contribution < -0.4 is 30.2 Å². The minimum absolute atomic E-state index is 0.00368. The Balaban J connectivity index is 1.55. The summed E-state index contributed by atoms with van der Waals surface area (Å²) in [6, 6.07) is 6.10. The molecular formula is C24H18N4O8. The van der Waals surface area contributed by atoms with Crippen molar-refractivity contribution in [2.45, 2.75) is 0 Å². The lowest BCUT2D eigenvalue weighted by atomic mass is 10.2. The number of rotatable bonds is 6. The van der Waals surface area contributed by atoms with Gasteiger partial charge in [0.2, 0.25) is 11.7 Å². The number of methoxy groups -OCH3 is 4. The minimum atomic E-state index is -0.643. The highest BCUT2D eigenvalue weighted by atomic mass is 16.5. The van der Waals surface area contributed by atoms with Gasteiger partial charge < -0.3 is 27.8 Å². The Kier molecular flexibility index (Phi) is 5.68. The highest BCUT2D eigenvalue weighted by molar-refractivity contribution is 5.83. The van der Waals surface area contributed by atoms with E-state index in [9.17, 15) is 9.59 Å². The second kappa shape index (κ2) is 8.98. The van der Waals surface area contributed by atoms with E-state index in [4.69, 9.17) is 27.8 Å². The SMILES string of the molecule is COc1cc2nc(-c3cnc(-c4nc5cc(OC)c(OC)cc5c(=O)o4)nc3)oc(=O)c2cc1OC. The summed E-state index contributed by atoms with van der Waals surface area (Å²) in [5.74, 6) is 1.49. The van der Waals surface area contributed by atoms with Crippen molar-refractivity contribution in [3.8, 4) is 46.2 Å². The molecule has 0 saturated heterocycles. The van der Waals surface area contributed by atoms with Crippen LogP contribution in [0.15, 0.2) is 55.1 Å². The van der Waals surface area contributed by atoms with Crippen LogP contribution in [0.1, 0.15) is 0 Å². The molecular weight excluding hydrogens is 472 g/mol. The largest absolute Gasteiger partial charge is 0.493 e. The molecule has 0 unspecified atom stereocenters. The molecule has 12 heteroatoms. The summed E-state index contributed by atoms with van der Waals surface area (Å²) in [5.41, 5.74) is -0.281. The summed E-state index contributed by atoms with van der Waals surface area (Å²) >= 11 is 0. The standard InChI is InChI=1S/C24H18N4O8/c1-31-16-5-12-14(7-18(16)33-3)27-21(35-23(12)29)11-9-25-20(26-10-11)22-28-15-8-19(34-4)17(32-2)6-13(15)24(30)36-22/h5-10H,1-4H3. The maximum absolute atomic E-state index is 12.6. The average Bonchev–Trinajstić information content (AvgIpc) is 2.91. The van der Waals surface area contributed by atoms with Gasteiger partial charge in [-0.05, 0) is 0 Å². The predicted molar refractivity (Wildman–Crippen MR) is 127 cm³/mol. The predicted octanol–water partition coefficient (Wildman–Crippen LogP) is 2.85. The van der Waals surface area contributed by atoms with Gasteiger partial charge in [0.15, 0.2) is 23.0 Å². The topological polar surface area (TPSA) is 149 Å². The van der Waals surface area contributed by atoms with Crippen molar-refractivity contribution < 1.29 is 27.8 Å². The monoisotopic (exact) mass is 490 g/mol. The van der Waals surface area contributed by atoms with Crippen molar-refractivity contribution in [2.75, 3.05) is 28.4 Å². The average molecular weight is 490 g/mol. The number of ether oxygens (including phenoxy) is 4. The first kappa shape index (κ1) is 22.8. The van der Waals surface area contributed by atoms with Crippen LogP contribution in [0.25, 0.3) is 45.0 Å². The quantitative estimate of drug-likeness (QED) is 0.344. The molecule has 0 radical (unpaired) electrons. The molecule has 0 aliphatic carbocycles. The fourth-order valence-corrected chi connectivity index (χ4v) is 3.57. The van der Waals surface area contributed by atoms with E-state index in [1.807, 2.05) is 0 Å². The van der Waals surface area contributed by atoms with E-state index in [1.54, 1.807) is 12.1 Å². The third-order valence-electron chi connectivity index (χ3n) is 5.36. The van der Waals surface area contributed by atoms with E-state index in [-0.39, 0.29) is 28.4 Å². The molecule has 2 aromatic carbocycles. The van der Waals surface area contributed by atoms with Crippen LogP contribution in [0.4, 0.5) is 0 Å². The summed E-state index contributed by atoms with van der Waals surface area (Å²) in [6.07, 6.45) is 2.75. The summed E-state index contributed by atoms with van der Waals surface area (Å²) in [6.45, 7) is 0.